The van der Waals surface area contributed by atoms with Gasteiger partial charge in [-0.05, 0) is 36.6 Å². The van der Waals surface area contributed by atoms with Crippen molar-refractivity contribution in [1.29, 1.82) is 0 Å². The van der Waals surface area contributed by atoms with Gasteiger partial charge < -0.3 is 9.15 Å². The molecule has 0 fully saturated rings. The Labute approximate surface area is 205 Å². The van der Waals surface area contributed by atoms with Gasteiger partial charge in [0.25, 0.3) is 5.91 Å². The average molecular weight is 487 g/mol. The van der Waals surface area contributed by atoms with Crippen molar-refractivity contribution in [2.24, 2.45) is 0 Å². The molecule has 1 aliphatic heterocycles. The third-order valence-corrected chi connectivity index (χ3v) is 7.13. The minimum absolute atomic E-state index is 0.0121. The summed E-state index contributed by atoms with van der Waals surface area (Å²) < 4.78 is 11.1. The van der Waals surface area contributed by atoms with Crippen LogP contribution in [0.5, 0.6) is 0 Å². The Morgan fingerprint density at radius 2 is 1.94 bits per heavy atom. The zero-order valence-corrected chi connectivity index (χ0v) is 20.1. The molecule has 0 unspecified atom stereocenters. The normalized spacial score (nSPS) is 14.9. The first-order chi connectivity index (χ1) is 16.9. The minimum Gasteiger partial charge on any atom is -0.457 e. The van der Waals surface area contributed by atoms with Crippen LogP contribution in [0, 0.1) is 6.92 Å². The molecule has 0 radical (unpaired) electrons. The Hall–Kier alpha value is -4.04. The van der Waals surface area contributed by atoms with Crippen LogP contribution in [-0.2, 0) is 11.2 Å². The second kappa shape index (κ2) is 8.96. The molecule has 176 valence electrons. The summed E-state index contributed by atoms with van der Waals surface area (Å²) in [6, 6.07) is 13.9. The van der Waals surface area contributed by atoms with Gasteiger partial charge in [0.1, 0.15) is 17.1 Å². The first kappa shape index (κ1) is 22.7. The molecule has 7 nitrogen and oxygen atoms in total. The second-order valence-corrected chi connectivity index (χ2v) is 9.12. The third kappa shape index (κ3) is 3.76. The predicted octanol–water partition coefficient (Wildman–Crippen LogP) is 5.21. The van der Waals surface area contributed by atoms with Crippen LogP contribution in [0.15, 0.2) is 70.4 Å². The van der Waals surface area contributed by atoms with Crippen LogP contribution >= 0.6 is 11.3 Å². The maximum Gasteiger partial charge on any atom is 0.350 e. The maximum absolute atomic E-state index is 13.7. The van der Waals surface area contributed by atoms with E-state index in [1.807, 2.05) is 24.3 Å². The molecular formula is C27H22N2O5S. The maximum atomic E-state index is 13.7. The van der Waals surface area contributed by atoms with E-state index in [2.05, 4.69) is 18.5 Å². The lowest BCUT2D eigenvalue weighted by molar-refractivity contribution is 0.0554. The van der Waals surface area contributed by atoms with E-state index in [4.69, 9.17) is 9.15 Å². The summed E-state index contributed by atoms with van der Waals surface area (Å²) in [6.07, 6.45) is 2.34. The van der Waals surface area contributed by atoms with Gasteiger partial charge in [-0.15, -0.1) is 0 Å². The van der Waals surface area contributed by atoms with Crippen molar-refractivity contribution in [1.82, 2.24) is 4.98 Å². The van der Waals surface area contributed by atoms with Crippen LogP contribution in [0.4, 0.5) is 5.13 Å². The molecule has 0 spiro atoms. The highest BCUT2D eigenvalue weighted by Gasteiger charge is 2.45. The van der Waals surface area contributed by atoms with Crippen molar-refractivity contribution >= 4 is 39.3 Å². The Kier molecular flexibility index (Phi) is 5.82. The van der Waals surface area contributed by atoms with Gasteiger partial charge in [-0.25, -0.2) is 9.78 Å². The number of fused-ring (bicyclic) bond motifs is 2. The lowest BCUT2D eigenvalue weighted by Crippen LogP contribution is -2.29. The first-order valence-electron chi connectivity index (χ1n) is 11.2. The fraction of sp³-hybridized carbons (Fsp3) is 0.185. The number of thiazole rings is 1. The van der Waals surface area contributed by atoms with E-state index in [1.54, 1.807) is 31.2 Å². The Morgan fingerprint density at radius 3 is 2.66 bits per heavy atom. The molecule has 2 aromatic carbocycles. The van der Waals surface area contributed by atoms with Crippen LogP contribution in [0.2, 0.25) is 0 Å². The number of rotatable bonds is 6. The number of esters is 1. The van der Waals surface area contributed by atoms with Crippen LogP contribution in [0.1, 0.15) is 55.6 Å². The van der Waals surface area contributed by atoms with Gasteiger partial charge in [-0.3, -0.25) is 14.5 Å². The monoisotopic (exact) mass is 486 g/mol. The summed E-state index contributed by atoms with van der Waals surface area (Å²) in [7, 11) is 0. The smallest absolute Gasteiger partial charge is 0.350 e. The van der Waals surface area contributed by atoms with Crippen molar-refractivity contribution < 1.29 is 18.7 Å². The van der Waals surface area contributed by atoms with Gasteiger partial charge in [-0.1, -0.05) is 67.3 Å². The van der Waals surface area contributed by atoms with Gasteiger partial charge in [-0.2, -0.15) is 0 Å². The molecule has 0 N–H and O–H groups in total. The SMILES string of the molecule is C=CCOC(=O)c1sc(N2C(=O)c3oc4ccccc4c(=O)c3[C@@H]2c2ccc(CC)cc2)nc1C. The number of carbonyl (C=O) groups is 2. The summed E-state index contributed by atoms with van der Waals surface area (Å²) in [5.74, 6) is -1.03. The zero-order valence-electron chi connectivity index (χ0n) is 19.2. The van der Waals surface area contributed by atoms with Crippen molar-refractivity contribution in [3.05, 3.63) is 104 Å². The molecule has 35 heavy (non-hydrogen) atoms. The summed E-state index contributed by atoms with van der Waals surface area (Å²) in [5, 5.41) is 0.692. The lowest BCUT2D eigenvalue weighted by Gasteiger charge is -2.22. The molecular weight excluding hydrogens is 464 g/mol. The number of aromatic nitrogens is 1. The molecule has 0 saturated carbocycles. The summed E-state index contributed by atoms with van der Waals surface area (Å²) in [4.78, 5) is 46.1. The van der Waals surface area contributed by atoms with Crippen molar-refractivity contribution in [3.63, 3.8) is 0 Å². The Balaban J connectivity index is 1.70. The van der Waals surface area contributed by atoms with E-state index in [0.29, 0.717) is 16.7 Å². The molecule has 1 atom stereocenters. The first-order valence-corrected chi connectivity index (χ1v) is 12.0. The lowest BCUT2D eigenvalue weighted by atomic mass is 9.97. The zero-order chi connectivity index (χ0) is 24.7. The predicted molar refractivity (Wildman–Crippen MR) is 134 cm³/mol. The topological polar surface area (TPSA) is 89.7 Å². The standard InChI is InChI=1S/C27H22N2O5S/c1-4-14-33-26(32)24-15(3)28-27(35-24)29-21(17-12-10-16(5-2)11-13-17)20-22(30)18-8-6-7-9-19(18)34-23(20)25(29)31/h4,6-13,21H,1,5,14H2,2-3H3/t21-/m0/s1. The summed E-state index contributed by atoms with van der Waals surface area (Å²) in [5.41, 5.74) is 2.67. The number of ether oxygens (including phenoxy) is 1. The third-order valence-electron chi connectivity index (χ3n) is 5.99. The number of para-hydroxylation sites is 1. The molecule has 0 saturated heterocycles. The number of amides is 1. The van der Waals surface area contributed by atoms with Crippen LogP contribution in [-0.4, -0.2) is 23.5 Å². The van der Waals surface area contributed by atoms with E-state index < -0.39 is 17.9 Å². The molecule has 5 rings (SSSR count). The number of hydrogen-bond acceptors (Lipinski definition) is 7. The number of nitrogens with zero attached hydrogens (tertiary/aromatic N) is 2. The van der Waals surface area contributed by atoms with Gasteiger partial charge in [0.15, 0.2) is 10.6 Å². The van der Waals surface area contributed by atoms with E-state index >= 15 is 0 Å². The van der Waals surface area contributed by atoms with Gasteiger partial charge >= 0.3 is 5.97 Å². The molecule has 1 aliphatic rings. The second-order valence-electron chi connectivity index (χ2n) is 8.14. The summed E-state index contributed by atoms with van der Waals surface area (Å²) in [6.45, 7) is 7.36. The number of benzene rings is 2. The number of aryl methyl sites for hydroxylation is 2. The van der Waals surface area contributed by atoms with Crippen molar-refractivity contribution in [2.75, 3.05) is 11.5 Å². The van der Waals surface area contributed by atoms with E-state index in [1.165, 1.54) is 11.0 Å². The fourth-order valence-electron chi connectivity index (χ4n) is 4.24. The molecule has 0 bridgehead atoms. The highest BCUT2D eigenvalue weighted by atomic mass is 32.1. The Morgan fingerprint density at radius 1 is 1.20 bits per heavy atom. The van der Waals surface area contributed by atoms with E-state index in [0.717, 1.165) is 28.9 Å². The van der Waals surface area contributed by atoms with Crippen molar-refractivity contribution in [2.45, 2.75) is 26.3 Å². The van der Waals surface area contributed by atoms with Crippen LogP contribution < -0.4 is 10.3 Å². The largest absolute Gasteiger partial charge is 0.457 e. The highest BCUT2D eigenvalue weighted by Crippen LogP contribution is 2.43. The number of anilines is 1. The molecule has 2 aromatic heterocycles. The molecule has 0 aliphatic carbocycles. The molecule has 1 amide bonds. The number of carbonyl (C=O) groups excluding carboxylic acids is 2. The van der Waals surface area contributed by atoms with Gasteiger partial charge in [0.2, 0.25) is 5.76 Å². The quantitative estimate of drug-likeness (QED) is 0.274. The van der Waals surface area contributed by atoms with Gasteiger partial charge in [0, 0.05) is 0 Å². The molecule has 8 heteroatoms. The Bertz CT molecular complexity index is 1530. The fourth-order valence-corrected chi connectivity index (χ4v) is 5.23. The van der Waals surface area contributed by atoms with E-state index in [9.17, 15) is 14.4 Å². The summed E-state index contributed by atoms with van der Waals surface area (Å²) >= 11 is 1.05. The molecule has 4 aromatic rings. The van der Waals surface area contributed by atoms with Crippen LogP contribution in [0.3, 0.4) is 0 Å². The average Bonchev–Trinajstić information content (AvgIpc) is 3.40. The van der Waals surface area contributed by atoms with Gasteiger partial charge in [0.05, 0.1) is 22.7 Å². The van der Waals surface area contributed by atoms with Crippen molar-refractivity contribution in [3.8, 4) is 0 Å². The van der Waals surface area contributed by atoms with E-state index in [-0.39, 0.29) is 33.4 Å². The molecule has 3 heterocycles. The number of hydrogen-bond donors (Lipinski definition) is 0. The minimum atomic E-state index is -0.744. The van der Waals surface area contributed by atoms with Crippen LogP contribution in [0.25, 0.3) is 11.0 Å². The highest BCUT2D eigenvalue weighted by molar-refractivity contribution is 7.17.